The Morgan fingerprint density at radius 1 is 1.35 bits per heavy atom. The molecule has 0 radical (unpaired) electrons. The van der Waals surface area contributed by atoms with Gasteiger partial charge in [0.15, 0.2) is 5.11 Å². The van der Waals surface area contributed by atoms with Crippen LogP contribution in [0.25, 0.3) is 4.85 Å². The van der Waals surface area contributed by atoms with Gasteiger partial charge in [-0.25, -0.2) is 6.57 Å². The van der Waals surface area contributed by atoms with E-state index in [0.717, 1.165) is 11.3 Å². The monoisotopic (exact) mass is 248 g/mol. The molecule has 88 valence electrons. The SMILES string of the molecule is [C-]#[N+]CC(=O)NNC(=S)Nc1ccc(C)cc1. The number of nitrogens with zero attached hydrogens (tertiary/aromatic N) is 1. The van der Waals surface area contributed by atoms with Crippen LogP contribution in [-0.2, 0) is 4.79 Å². The quantitative estimate of drug-likeness (QED) is 0.418. The van der Waals surface area contributed by atoms with Crippen molar-refractivity contribution < 1.29 is 4.79 Å². The molecule has 0 aromatic heterocycles. The number of amides is 1. The van der Waals surface area contributed by atoms with E-state index < -0.39 is 5.91 Å². The molecule has 0 bridgehead atoms. The lowest BCUT2D eigenvalue weighted by molar-refractivity contribution is -0.119. The third kappa shape index (κ3) is 4.95. The van der Waals surface area contributed by atoms with Gasteiger partial charge in [-0.05, 0) is 31.3 Å². The first-order chi connectivity index (χ1) is 8.11. The van der Waals surface area contributed by atoms with E-state index in [-0.39, 0.29) is 11.7 Å². The van der Waals surface area contributed by atoms with Crippen LogP contribution < -0.4 is 16.2 Å². The molecule has 0 fully saturated rings. The van der Waals surface area contributed by atoms with Gasteiger partial charge in [0.05, 0.1) is 0 Å². The number of hydrogen-bond acceptors (Lipinski definition) is 2. The van der Waals surface area contributed by atoms with Crippen molar-refractivity contribution in [2.75, 3.05) is 11.9 Å². The summed E-state index contributed by atoms with van der Waals surface area (Å²) in [6.45, 7) is 8.28. The molecule has 0 aliphatic carbocycles. The second kappa shape index (κ2) is 6.45. The Kier molecular flexibility index (Phi) is 4.91. The van der Waals surface area contributed by atoms with E-state index >= 15 is 0 Å². The number of nitrogens with one attached hydrogen (secondary N) is 3. The van der Waals surface area contributed by atoms with E-state index in [9.17, 15) is 4.79 Å². The van der Waals surface area contributed by atoms with Crippen molar-refractivity contribution in [1.82, 2.24) is 10.9 Å². The number of hydrogen-bond donors (Lipinski definition) is 3. The summed E-state index contributed by atoms with van der Waals surface area (Å²) >= 11 is 4.96. The molecule has 1 aromatic rings. The van der Waals surface area contributed by atoms with Crippen molar-refractivity contribution in [2.24, 2.45) is 0 Å². The molecule has 17 heavy (non-hydrogen) atoms. The molecule has 1 rings (SSSR count). The van der Waals surface area contributed by atoms with E-state index in [4.69, 9.17) is 18.8 Å². The smallest absolute Gasteiger partial charge is 0.318 e. The fourth-order valence-electron chi connectivity index (χ4n) is 1.04. The highest BCUT2D eigenvalue weighted by Gasteiger charge is 2.03. The van der Waals surface area contributed by atoms with E-state index in [0.29, 0.717) is 0 Å². The molecule has 1 amide bonds. The number of anilines is 1. The molecular formula is C11H12N4OS. The van der Waals surface area contributed by atoms with Crippen molar-refractivity contribution in [3.05, 3.63) is 41.2 Å². The number of carbonyl (C=O) groups is 1. The molecule has 0 saturated heterocycles. The summed E-state index contributed by atoms with van der Waals surface area (Å²) in [5, 5.41) is 3.17. The van der Waals surface area contributed by atoms with Crippen LogP contribution >= 0.6 is 12.2 Å². The zero-order valence-corrected chi connectivity index (χ0v) is 10.1. The van der Waals surface area contributed by atoms with Gasteiger partial charge in [-0.3, -0.25) is 15.6 Å². The van der Waals surface area contributed by atoms with Gasteiger partial charge in [0, 0.05) is 5.69 Å². The highest BCUT2D eigenvalue weighted by Crippen LogP contribution is 2.07. The van der Waals surface area contributed by atoms with Crippen LogP contribution in [0.2, 0.25) is 0 Å². The maximum Gasteiger partial charge on any atom is 0.318 e. The number of benzene rings is 1. The minimum absolute atomic E-state index is 0.222. The largest absolute Gasteiger partial charge is 0.331 e. The van der Waals surface area contributed by atoms with Crippen molar-refractivity contribution in [3.63, 3.8) is 0 Å². The summed E-state index contributed by atoms with van der Waals surface area (Å²) in [7, 11) is 0. The normalized spacial score (nSPS) is 8.94. The van der Waals surface area contributed by atoms with Gasteiger partial charge < -0.3 is 10.2 Å². The second-order valence-corrected chi connectivity index (χ2v) is 3.72. The number of hydrazine groups is 1. The number of aryl methyl sites for hydroxylation is 1. The Bertz CT molecular complexity index is 450. The Morgan fingerprint density at radius 2 is 2.00 bits per heavy atom. The Balaban J connectivity index is 2.37. The number of thiocarbonyl (C=S) groups is 1. The van der Waals surface area contributed by atoms with Crippen molar-refractivity contribution >= 4 is 28.9 Å². The lowest BCUT2D eigenvalue weighted by Gasteiger charge is -2.10. The van der Waals surface area contributed by atoms with Crippen LogP contribution in [0.15, 0.2) is 24.3 Å². The molecular weight excluding hydrogens is 236 g/mol. The maximum atomic E-state index is 11.0. The molecule has 1 aromatic carbocycles. The zero-order valence-electron chi connectivity index (χ0n) is 9.28. The Labute approximate surface area is 105 Å². The van der Waals surface area contributed by atoms with Crippen LogP contribution in [-0.4, -0.2) is 17.6 Å². The summed E-state index contributed by atoms with van der Waals surface area (Å²) in [5.74, 6) is -0.423. The van der Waals surface area contributed by atoms with Crippen LogP contribution in [0, 0.1) is 13.5 Å². The maximum absolute atomic E-state index is 11.0. The van der Waals surface area contributed by atoms with E-state index in [1.807, 2.05) is 31.2 Å². The third-order valence-electron chi connectivity index (χ3n) is 1.85. The summed E-state index contributed by atoms with van der Waals surface area (Å²) in [6, 6.07) is 7.65. The lowest BCUT2D eigenvalue weighted by atomic mass is 10.2. The average molecular weight is 248 g/mol. The van der Waals surface area contributed by atoms with Crippen molar-refractivity contribution in [3.8, 4) is 0 Å². The van der Waals surface area contributed by atoms with Gasteiger partial charge in [0.25, 0.3) is 6.54 Å². The van der Waals surface area contributed by atoms with Crippen LogP contribution in [0.4, 0.5) is 5.69 Å². The molecule has 0 spiro atoms. The first kappa shape index (κ1) is 12.9. The molecule has 0 aliphatic heterocycles. The fourth-order valence-corrected chi connectivity index (χ4v) is 1.21. The summed E-state index contributed by atoms with van der Waals surface area (Å²) < 4.78 is 0. The summed E-state index contributed by atoms with van der Waals surface area (Å²) in [5.41, 5.74) is 6.80. The first-order valence-electron chi connectivity index (χ1n) is 4.87. The van der Waals surface area contributed by atoms with Gasteiger partial charge in [-0.2, -0.15) is 0 Å². The standard InChI is InChI=1S/C11H12N4OS/c1-8-3-5-9(6-4-8)13-11(17)15-14-10(16)7-12-2/h3-6H,7H2,1H3,(H,14,16)(H2,13,15,17). The fraction of sp³-hybridized carbons (Fsp3) is 0.182. The van der Waals surface area contributed by atoms with E-state index in [1.54, 1.807) is 0 Å². The van der Waals surface area contributed by atoms with Crippen molar-refractivity contribution in [1.29, 1.82) is 0 Å². The predicted molar refractivity (Wildman–Crippen MR) is 70.1 cm³/mol. The van der Waals surface area contributed by atoms with E-state index in [2.05, 4.69) is 21.0 Å². The van der Waals surface area contributed by atoms with E-state index in [1.165, 1.54) is 0 Å². The minimum atomic E-state index is -0.423. The molecule has 5 nitrogen and oxygen atoms in total. The lowest BCUT2D eigenvalue weighted by Crippen LogP contribution is -2.44. The molecule has 0 heterocycles. The predicted octanol–water partition coefficient (Wildman–Crippen LogP) is 1.23. The van der Waals surface area contributed by atoms with Crippen LogP contribution in [0.5, 0.6) is 0 Å². The molecule has 0 atom stereocenters. The highest BCUT2D eigenvalue weighted by molar-refractivity contribution is 7.80. The van der Waals surface area contributed by atoms with Gasteiger partial charge >= 0.3 is 5.91 Å². The highest BCUT2D eigenvalue weighted by atomic mass is 32.1. The molecule has 3 N–H and O–H groups in total. The summed E-state index contributed by atoms with van der Waals surface area (Å²) in [4.78, 5) is 13.9. The minimum Gasteiger partial charge on any atom is -0.331 e. The molecule has 0 aliphatic rings. The average Bonchev–Trinajstić information content (AvgIpc) is 2.30. The third-order valence-corrected chi connectivity index (χ3v) is 2.05. The zero-order chi connectivity index (χ0) is 12.7. The Morgan fingerprint density at radius 3 is 2.59 bits per heavy atom. The van der Waals surface area contributed by atoms with Gasteiger partial charge in [0.2, 0.25) is 0 Å². The van der Waals surface area contributed by atoms with Gasteiger partial charge in [-0.15, -0.1) is 0 Å². The van der Waals surface area contributed by atoms with Crippen molar-refractivity contribution in [2.45, 2.75) is 6.92 Å². The number of carbonyl (C=O) groups excluding carboxylic acids is 1. The molecule has 6 heteroatoms. The van der Waals surface area contributed by atoms with Gasteiger partial charge in [0.1, 0.15) is 0 Å². The van der Waals surface area contributed by atoms with Gasteiger partial charge in [-0.1, -0.05) is 17.7 Å². The topological polar surface area (TPSA) is 57.5 Å². The molecule has 0 saturated carbocycles. The van der Waals surface area contributed by atoms with Crippen LogP contribution in [0.3, 0.4) is 0 Å². The number of rotatable bonds is 2. The van der Waals surface area contributed by atoms with Crippen LogP contribution in [0.1, 0.15) is 5.56 Å². The first-order valence-corrected chi connectivity index (χ1v) is 5.28. The second-order valence-electron chi connectivity index (χ2n) is 3.31. The molecule has 0 unspecified atom stereocenters. The summed E-state index contributed by atoms with van der Waals surface area (Å²) in [6.07, 6.45) is 0. The Hall–Kier alpha value is -2.13.